The zero-order valence-corrected chi connectivity index (χ0v) is 18.4. The largest absolute Gasteiger partial charge is 0.348 e. The third kappa shape index (κ3) is 6.93. The second-order valence-corrected chi connectivity index (χ2v) is 9.60. The third-order valence-corrected chi connectivity index (χ3v) is 5.45. The van der Waals surface area contributed by atoms with E-state index in [1.165, 1.54) is 30.4 Å². The van der Waals surface area contributed by atoms with Crippen molar-refractivity contribution in [1.82, 2.24) is 0 Å². The Morgan fingerprint density at radius 2 is 1.67 bits per heavy atom. The highest BCUT2D eigenvalue weighted by atomic mass is 16.7. The molecule has 0 N–H and O–H groups in total. The van der Waals surface area contributed by atoms with E-state index in [0.717, 1.165) is 18.8 Å². The van der Waals surface area contributed by atoms with E-state index in [0.29, 0.717) is 5.41 Å². The van der Waals surface area contributed by atoms with Crippen molar-refractivity contribution in [1.29, 1.82) is 0 Å². The van der Waals surface area contributed by atoms with Crippen molar-refractivity contribution in [2.24, 2.45) is 10.8 Å². The summed E-state index contributed by atoms with van der Waals surface area (Å²) in [7, 11) is 0. The summed E-state index contributed by atoms with van der Waals surface area (Å²) in [5, 5.41) is 0. The van der Waals surface area contributed by atoms with Crippen LogP contribution in [0.2, 0.25) is 0 Å². The number of allylic oxidation sites excluding steroid dienone is 9. The fourth-order valence-corrected chi connectivity index (χ4v) is 3.70. The maximum absolute atomic E-state index is 5.76. The second-order valence-electron chi connectivity index (χ2n) is 9.60. The smallest absolute Gasteiger partial charge is 0.177 e. The number of hydrogen-bond acceptors (Lipinski definition) is 2. The first-order chi connectivity index (χ1) is 12.6. The van der Waals surface area contributed by atoms with Gasteiger partial charge >= 0.3 is 0 Å². The molecule has 0 aromatic rings. The molecule has 150 valence electrons. The predicted molar refractivity (Wildman–Crippen MR) is 116 cm³/mol. The van der Waals surface area contributed by atoms with Crippen molar-refractivity contribution in [3.05, 3.63) is 58.7 Å². The first-order valence-corrected chi connectivity index (χ1v) is 10.2. The van der Waals surface area contributed by atoms with Crippen molar-refractivity contribution in [3.63, 3.8) is 0 Å². The van der Waals surface area contributed by atoms with Crippen LogP contribution in [0.5, 0.6) is 0 Å². The summed E-state index contributed by atoms with van der Waals surface area (Å²) in [6.07, 6.45) is 16.6. The molecule has 0 spiro atoms. The minimum absolute atomic E-state index is 0.112. The molecule has 1 fully saturated rings. The first-order valence-electron chi connectivity index (χ1n) is 10.2. The van der Waals surface area contributed by atoms with Crippen LogP contribution in [-0.2, 0) is 9.47 Å². The highest BCUT2D eigenvalue weighted by Gasteiger charge is 2.27. The molecule has 0 saturated carbocycles. The minimum atomic E-state index is -0.226. The molecule has 0 radical (unpaired) electrons. The molecule has 0 aromatic carbocycles. The topological polar surface area (TPSA) is 18.5 Å². The molecule has 2 aliphatic rings. The van der Waals surface area contributed by atoms with E-state index in [1.807, 2.05) is 6.08 Å². The Morgan fingerprint density at radius 3 is 2.30 bits per heavy atom. The standard InChI is InChI=1S/C25H38O2/c1-19(13-14-22-21(3)12-9-15-25(22,6)7)10-8-11-20(2)16-23-26-17-24(4,5)18-27-23/h8,10-11,13-14,16,23H,9,12,15,17-18H2,1-7H3/b11-8+,14-13+,19-10+,20-16+. The van der Waals surface area contributed by atoms with Crippen molar-refractivity contribution < 1.29 is 9.47 Å². The SMILES string of the molecule is CC1=C(/C=C/C(C)=C/C=C/C(C)=C/C2OCC(C)(C)CO2)C(C)(C)CCC1. The Hall–Kier alpha value is -1.38. The van der Waals surface area contributed by atoms with Gasteiger partial charge in [0.2, 0.25) is 0 Å². The van der Waals surface area contributed by atoms with E-state index in [-0.39, 0.29) is 11.7 Å². The van der Waals surface area contributed by atoms with Gasteiger partial charge in [0.15, 0.2) is 6.29 Å². The Kier molecular flexibility index (Phi) is 7.47. The maximum atomic E-state index is 5.76. The monoisotopic (exact) mass is 370 g/mol. The Balaban J connectivity index is 1.93. The van der Waals surface area contributed by atoms with Crippen LogP contribution in [0.1, 0.15) is 67.7 Å². The van der Waals surface area contributed by atoms with Gasteiger partial charge in [0.25, 0.3) is 0 Å². The van der Waals surface area contributed by atoms with Gasteiger partial charge in [-0.1, -0.05) is 74.8 Å². The molecule has 0 unspecified atom stereocenters. The summed E-state index contributed by atoms with van der Waals surface area (Å²) in [6, 6.07) is 0. The lowest BCUT2D eigenvalue weighted by Crippen LogP contribution is -2.36. The molecule has 0 amide bonds. The lowest BCUT2D eigenvalue weighted by atomic mass is 9.72. The second kappa shape index (κ2) is 9.21. The molecule has 2 nitrogen and oxygen atoms in total. The molecule has 27 heavy (non-hydrogen) atoms. The molecular weight excluding hydrogens is 332 g/mol. The van der Waals surface area contributed by atoms with E-state index in [4.69, 9.17) is 9.47 Å². The number of rotatable bonds is 5. The van der Waals surface area contributed by atoms with Gasteiger partial charge in [-0.05, 0) is 57.1 Å². The van der Waals surface area contributed by atoms with Gasteiger partial charge in [0, 0.05) is 5.41 Å². The summed E-state index contributed by atoms with van der Waals surface area (Å²) in [6.45, 7) is 17.0. The fraction of sp³-hybridized carbons (Fsp3) is 0.600. The Morgan fingerprint density at radius 1 is 1.00 bits per heavy atom. The minimum Gasteiger partial charge on any atom is -0.348 e. The lowest BCUT2D eigenvalue weighted by molar-refractivity contribution is -0.197. The Bertz CT molecular complexity index is 658. The molecule has 1 aliphatic carbocycles. The van der Waals surface area contributed by atoms with Crippen molar-refractivity contribution in [2.75, 3.05) is 13.2 Å². The highest BCUT2D eigenvalue weighted by Crippen LogP contribution is 2.40. The van der Waals surface area contributed by atoms with Crippen LogP contribution in [0.3, 0.4) is 0 Å². The molecule has 1 heterocycles. The van der Waals surface area contributed by atoms with Gasteiger partial charge in [0.1, 0.15) is 0 Å². The van der Waals surface area contributed by atoms with Crippen LogP contribution in [0.4, 0.5) is 0 Å². The van der Waals surface area contributed by atoms with E-state index in [2.05, 4.69) is 78.8 Å². The van der Waals surface area contributed by atoms with E-state index in [9.17, 15) is 0 Å². The predicted octanol–water partition coefficient (Wildman–Crippen LogP) is 6.92. The zero-order valence-electron chi connectivity index (χ0n) is 18.4. The van der Waals surface area contributed by atoms with Gasteiger partial charge in [0.05, 0.1) is 13.2 Å². The number of hydrogen-bond donors (Lipinski definition) is 0. The zero-order chi connectivity index (χ0) is 20.1. The number of ether oxygens (including phenoxy) is 2. The van der Waals surface area contributed by atoms with Gasteiger partial charge in [-0.3, -0.25) is 0 Å². The van der Waals surface area contributed by atoms with Crippen LogP contribution in [0.25, 0.3) is 0 Å². The first kappa shape index (κ1) is 21.9. The van der Waals surface area contributed by atoms with Crippen molar-refractivity contribution in [2.45, 2.75) is 74.0 Å². The molecule has 0 aromatic heterocycles. The highest BCUT2D eigenvalue weighted by molar-refractivity contribution is 5.37. The molecule has 1 saturated heterocycles. The molecular formula is C25H38O2. The Labute approximate surface area is 166 Å². The fourth-order valence-electron chi connectivity index (χ4n) is 3.70. The normalized spacial score (nSPS) is 25.0. The average molecular weight is 371 g/mol. The summed E-state index contributed by atoms with van der Waals surface area (Å²) in [5.74, 6) is 0. The van der Waals surface area contributed by atoms with Crippen LogP contribution < -0.4 is 0 Å². The quantitative estimate of drug-likeness (QED) is 0.489. The van der Waals surface area contributed by atoms with E-state index >= 15 is 0 Å². The average Bonchev–Trinajstić information content (AvgIpc) is 2.56. The van der Waals surface area contributed by atoms with Gasteiger partial charge < -0.3 is 9.47 Å². The lowest BCUT2D eigenvalue weighted by Gasteiger charge is -2.33. The van der Waals surface area contributed by atoms with Crippen molar-refractivity contribution in [3.8, 4) is 0 Å². The van der Waals surface area contributed by atoms with E-state index < -0.39 is 0 Å². The third-order valence-electron chi connectivity index (χ3n) is 5.45. The summed E-state index contributed by atoms with van der Waals surface area (Å²) in [4.78, 5) is 0. The molecule has 2 rings (SSSR count). The van der Waals surface area contributed by atoms with Crippen LogP contribution >= 0.6 is 0 Å². The molecule has 0 bridgehead atoms. The summed E-state index contributed by atoms with van der Waals surface area (Å²) < 4.78 is 11.5. The summed E-state index contributed by atoms with van der Waals surface area (Å²) >= 11 is 0. The van der Waals surface area contributed by atoms with Crippen molar-refractivity contribution >= 4 is 0 Å². The van der Waals surface area contributed by atoms with Gasteiger partial charge in [-0.25, -0.2) is 0 Å². The molecule has 2 heteroatoms. The van der Waals surface area contributed by atoms with Crippen LogP contribution in [-0.4, -0.2) is 19.5 Å². The van der Waals surface area contributed by atoms with Crippen LogP contribution in [0.15, 0.2) is 58.7 Å². The van der Waals surface area contributed by atoms with Gasteiger partial charge in [-0.2, -0.15) is 0 Å². The maximum Gasteiger partial charge on any atom is 0.177 e. The molecule has 1 aliphatic heterocycles. The van der Waals surface area contributed by atoms with Gasteiger partial charge in [-0.15, -0.1) is 0 Å². The van der Waals surface area contributed by atoms with Crippen LogP contribution in [0, 0.1) is 10.8 Å². The van der Waals surface area contributed by atoms with E-state index in [1.54, 1.807) is 5.57 Å². The summed E-state index contributed by atoms with van der Waals surface area (Å²) in [5.41, 5.74) is 5.87. The molecule has 0 atom stereocenters.